The van der Waals surface area contributed by atoms with E-state index in [2.05, 4.69) is 13.5 Å². The predicted octanol–water partition coefficient (Wildman–Crippen LogP) is 1.96. The third-order valence-corrected chi connectivity index (χ3v) is 7.23. The number of ether oxygens (including phenoxy) is 1. The van der Waals surface area contributed by atoms with Crippen LogP contribution in [0.2, 0.25) is 0 Å². The van der Waals surface area contributed by atoms with E-state index in [9.17, 15) is 20.1 Å². The molecule has 1 aliphatic heterocycles. The molecule has 25 heavy (non-hydrogen) atoms. The lowest BCUT2D eigenvalue weighted by Crippen LogP contribution is -2.57. The summed E-state index contributed by atoms with van der Waals surface area (Å²) in [6.45, 7) is 8.50. The average molecular weight is 350 g/mol. The van der Waals surface area contributed by atoms with E-state index in [1.165, 1.54) is 0 Å². The molecule has 3 unspecified atom stereocenters. The molecule has 3 N–H and O–H groups in total. The van der Waals surface area contributed by atoms with Crippen molar-refractivity contribution in [1.82, 2.24) is 0 Å². The number of hydrogen-bond donors (Lipinski definition) is 3. The van der Waals surface area contributed by atoms with E-state index in [-0.39, 0.29) is 30.5 Å². The minimum atomic E-state index is -0.844. The number of allylic oxidation sites excluding steroid dienone is 2. The maximum Gasteiger partial charge on any atom is 0.336 e. The summed E-state index contributed by atoms with van der Waals surface area (Å²) in [5, 5.41) is 30.4. The Morgan fingerprint density at radius 3 is 2.64 bits per heavy atom. The Kier molecular flexibility index (Phi) is 4.86. The van der Waals surface area contributed by atoms with Gasteiger partial charge in [0.15, 0.2) is 0 Å². The number of esters is 1. The van der Waals surface area contributed by atoms with Crippen LogP contribution in [0.3, 0.4) is 0 Å². The van der Waals surface area contributed by atoms with Crippen molar-refractivity contribution in [2.45, 2.75) is 58.2 Å². The zero-order valence-corrected chi connectivity index (χ0v) is 15.2. The average Bonchev–Trinajstić information content (AvgIpc) is 2.89. The van der Waals surface area contributed by atoms with Crippen LogP contribution in [0.5, 0.6) is 0 Å². The molecule has 1 heterocycles. The first kappa shape index (κ1) is 18.6. The summed E-state index contributed by atoms with van der Waals surface area (Å²) in [5.41, 5.74) is 0.911. The van der Waals surface area contributed by atoms with Gasteiger partial charge in [-0.1, -0.05) is 32.1 Å². The normalized spacial score (nSPS) is 46.2. The van der Waals surface area contributed by atoms with Crippen molar-refractivity contribution >= 4 is 5.97 Å². The maximum absolute atomic E-state index is 11.8. The molecule has 0 radical (unpaired) electrons. The van der Waals surface area contributed by atoms with Crippen LogP contribution in [0, 0.1) is 22.7 Å². The van der Waals surface area contributed by atoms with Gasteiger partial charge in [0.05, 0.1) is 18.3 Å². The van der Waals surface area contributed by atoms with Crippen molar-refractivity contribution in [2.75, 3.05) is 13.2 Å². The number of hydrogen-bond acceptors (Lipinski definition) is 5. The van der Waals surface area contributed by atoms with Crippen LogP contribution >= 0.6 is 0 Å². The predicted molar refractivity (Wildman–Crippen MR) is 93.6 cm³/mol. The second-order valence-corrected chi connectivity index (χ2v) is 8.54. The molecule has 0 aromatic heterocycles. The van der Waals surface area contributed by atoms with Gasteiger partial charge in [-0.15, -0.1) is 0 Å². The Morgan fingerprint density at radius 1 is 1.32 bits per heavy atom. The van der Waals surface area contributed by atoms with Crippen molar-refractivity contribution in [1.29, 1.82) is 0 Å². The Bertz CT molecular complexity index is 597. The number of fused-ring (bicyclic) bond motifs is 1. The number of aliphatic hydroxyl groups is 3. The van der Waals surface area contributed by atoms with Crippen molar-refractivity contribution in [2.24, 2.45) is 22.7 Å². The van der Waals surface area contributed by atoms with Gasteiger partial charge in [-0.3, -0.25) is 0 Å². The molecule has 2 aliphatic carbocycles. The lowest BCUT2D eigenvalue weighted by atomic mass is 9.46. The number of carbonyl (C=O) groups excluding carboxylic acids is 1. The third kappa shape index (κ3) is 2.86. The summed E-state index contributed by atoms with van der Waals surface area (Å²) >= 11 is 0. The number of rotatable bonds is 3. The lowest BCUT2D eigenvalue weighted by Gasteiger charge is -2.59. The summed E-state index contributed by atoms with van der Waals surface area (Å²) < 4.78 is 4.90. The van der Waals surface area contributed by atoms with Gasteiger partial charge in [0, 0.05) is 5.41 Å². The quantitative estimate of drug-likeness (QED) is 0.411. The van der Waals surface area contributed by atoms with Gasteiger partial charge in [-0.2, -0.15) is 0 Å². The molecular weight excluding hydrogens is 320 g/mol. The Morgan fingerprint density at radius 2 is 2.04 bits per heavy atom. The minimum Gasteiger partial charge on any atom is -0.459 e. The molecule has 0 aromatic rings. The molecule has 5 heteroatoms. The first-order valence-electron chi connectivity index (χ1n) is 9.26. The molecule has 140 valence electrons. The monoisotopic (exact) mass is 350 g/mol. The number of carbonyl (C=O) groups is 1. The standard InChI is InChI=1S/C20H30O5/c1-12-4-7-16-19(2,9-8-17(23)20(16,3)11-21)14(12)6-5-13-15(22)10-25-18(13)24/h5,14-17,21-23H,1,4,6-11H2,2-3H3/t14?,15?,16-,17?,19-,20-/m0/s1. The lowest BCUT2D eigenvalue weighted by molar-refractivity contribution is -0.151. The Balaban J connectivity index is 1.89. The van der Waals surface area contributed by atoms with Crippen molar-refractivity contribution < 1.29 is 24.9 Å². The fourth-order valence-electron chi connectivity index (χ4n) is 5.56. The van der Waals surface area contributed by atoms with Crippen molar-refractivity contribution in [3.05, 3.63) is 23.8 Å². The molecule has 0 amide bonds. The van der Waals surface area contributed by atoms with E-state index >= 15 is 0 Å². The van der Waals surface area contributed by atoms with Gasteiger partial charge in [0.1, 0.15) is 12.7 Å². The second kappa shape index (κ2) is 6.53. The molecule has 1 saturated heterocycles. The highest BCUT2D eigenvalue weighted by atomic mass is 16.6. The highest BCUT2D eigenvalue weighted by Crippen LogP contribution is 2.61. The van der Waals surface area contributed by atoms with E-state index in [0.29, 0.717) is 18.4 Å². The fraction of sp³-hybridized carbons (Fsp3) is 0.750. The molecule has 0 aromatic carbocycles. The first-order valence-corrected chi connectivity index (χ1v) is 9.26. The van der Waals surface area contributed by atoms with Gasteiger partial charge >= 0.3 is 5.97 Å². The van der Waals surface area contributed by atoms with Gasteiger partial charge in [0.2, 0.25) is 0 Å². The highest BCUT2D eigenvalue weighted by Gasteiger charge is 2.57. The summed E-state index contributed by atoms with van der Waals surface area (Å²) in [5.74, 6) is -0.0734. The largest absolute Gasteiger partial charge is 0.459 e. The molecular formula is C20H30O5. The maximum atomic E-state index is 11.8. The fourth-order valence-corrected chi connectivity index (χ4v) is 5.56. The topological polar surface area (TPSA) is 87.0 Å². The van der Waals surface area contributed by atoms with Crippen molar-refractivity contribution in [3.8, 4) is 0 Å². The molecule has 3 fully saturated rings. The van der Waals surface area contributed by atoms with E-state index in [4.69, 9.17) is 4.74 Å². The molecule has 6 atom stereocenters. The summed E-state index contributed by atoms with van der Waals surface area (Å²) in [6, 6.07) is 0. The summed E-state index contributed by atoms with van der Waals surface area (Å²) in [4.78, 5) is 11.8. The molecule has 2 saturated carbocycles. The SMILES string of the molecule is C=C1CC[C@H]2[C@@](C)(CCC(O)[C@@]2(C)CO)C1CC=C1C(=O)OCC1O. The second-order valence-electron chi connectivity index (χ2n) is 8.54. The van der Waals surface area contributed by atoms with E-state index < -0.39 is 23.6 Å². The zero-order chi connectivity index (χ0) is 18.4. The van der Waals surface area contributed by atoms with Crippen LogP contribution in [-0.4, -0.2) is 46.7 Å². The Hall–Kier alpha value is -1.17. The van der Waals surface area contributed by atoms with Crippen LogP contribution in [0.1, 0.15) is 46.0 Å². The van der Waals surface area contributed by atoms with Gasteiger partial charge in [0.25, 0.3) is 0 Å². The van der Waals surface area contributed by atoms with Crippen LogP contribution in [0.4, 0.5) is 0 Å². The molecule has 0 spiro atoms. The van der Waals surface area contributed by atoms with Crippen LogP contribution in [-0.2, 0) is 9.53 Å². The highest BCUT2D eigenvalue weighted by molar-refractivity contribution is 5.91. The summed E-state index contributed by atoms with van der Waals surface area (Å²) in [6.07, 6.45) is 4.42. The van der Waals surface area contributed by atoms with Crippen molar-refractivity contribution in [3.63, 3.8) is 0 Å². The molecule has 3 aliphatic rings. The van der Waals surface area contributed by atoms with Crippen LogP contribution in [0.25, 0.3) is 0 Å². The van der Waals surface area contributed by atoms with E-state index in [1.54, 1.807) is 0 Å². The van der Waals surface area contributed by atoms with Crippen LogP contribution in [0.15, 0.2) is 23.8 Å². The third-order valence-electron chi connectivity index (χ3n) is 7.23. The molecule has 5 nitrogen and oxygen atoms in total. The zero-order valence-electron chi connectivity index (χ0n) is 15.2. The number of aliphatic hydroxyl groups excluding tert-OH is 3. The van der Waals surface area contributed by atoms with Gasteiger partial charge in [-0.05, 0) is 49.4 Å². The van der Waals surface area contributed by atoms with Crippen LogP contribution < -0.4 is 0 Å². The molecule has 0 bridgehead atoms. The minimum absolute atomic E-state index is 0.0280. The van der Waals surface area contributed by atoms with E-state index in [1.807, 2.05) is 13.0 Å². The first-order chi connectivity index (χ1) is 11.7. The smallest absolute Gasteiger partial charge is 0.336 e. The van der Waals surface area contributed by atoms with E-state index in [0.717, 1.165) is 24.8 Å². The molecule has 3 rings (SSSR count). The van der Waals surface area contributed by atoms with Gasteiger partial charge < -0.3 is 20.1 Å². The van der Waals surface area contributed by atoms with Gasteiger partial charge in [-0.25, -0.2) is 4.79 Å². The summed E-state index contributed by atoms with van der Waals surface area (Å²) in [7, 11) is 0. The number of cyclic esters (lactones) is 1. The Labute approximate surface area is 149 Å².